The van der Waals surface area contributed by atoms with Crippen LogP contribution < -0.4 is 18.9 Å². The molecular weight excluding hydrogens is 374 g/mol. The number of aliphatic carboxylic acids is 1. The first-order valence-electron chi connectivity index (χ1n) is 7.86. The van der Waals surface area contributed by atoms with Crippen molar-refractivity contribution in [2.45, 2.75) is 11.4 Å². The molecule has 0 radical (unpaired) electrons. The van der Waals surface area contributed by atoms with Crippen molar-refractivity contribution < 1.29 is 32.5 Å². The standard InChI is InChI=1S/C18H17NO7S/c1-24-15-6-2-12(4-7-18(20)21)9-17(15)27(22,23)19-10-13-3-5-14-16(8-13)26-11-25-14/h2-9,19H,10-11H2,1H3,(H,20,21). The summed E-state index contributed by atoms with van der Waals surface area (Å²) in [5.74, 6) is 0.197. The topological polar surface area (TPSA) is 111 Å². The SMILES string of the molecule is COc1ccc(C=CC(=O)O)cc1S(=O)(=O)NCc1ccc2c(c1)OCO2. The van der Waals surface area contributed by atoms with Gasteiger partial charge < -0.3 is 19.3 Å². The molecule has 8 nitrogen and oxygen atoms in total. The Morgan fingerprint density at radius 1 is 1.22 bits per heavy atom. The van der Waals surface area contributed by atoms with Gasteiger partial charge in [0, 0.05) is 12.6 Å². The fraction of sp³-hybridized carbons (Fsp3) is 0.167. The van der Waals surface area contributed by atoms with Gasteiger partial charge in [-0.05, 0) is 41.5 Å². The van der Waals surface area contributed by atoms with Crippen LogP contribution in [0.3, 0.4) is 0 Å². The lowest BCUT2D eigenvalue weighted by molar-refractivity contribution is -0.131. The molecule has 0 spiro atoms. The monoisotopic (exact) mass is 391 g/mol. The lowest BCUT2D eigenvalue weighted by Gasteiger charge is -2.12. The second-order valence-electron chi connectivity index (χ2n) is 5.59. The molecule has 0 aromatic heterocycles. The number of carboxylic acid groups (broad SMARTS) is 1. The summed E-state index contributed by atoms with van der Waals surface area (Å²) in [4.78, 5) is 10.6. The summed E-state index contributed by atoms with van der Waals surface area (Å²) in [5.41, 5.74) is 1.12. The van der Waals surface area contributed by atoms with Gasteiger partial charge in [-0.2, -0.15) is 0 Å². The number of carbonyl (C=O) groups is 1. The van der Waals surface area contributed by atoms with Crippen LogP contribution in [0.25, 0.3) is 6.08 Å². The molecule has 1 aliphatic heterocycles. The number of fused-ring (bicyclic) bond motifs is 1. The first kappa shape index (κ1) is 18.7. The molecule has 2 aromatic rings. The number of sulfonamides is 1. The van der Waals surface area contributed by atoms with Gasteiger partial charge in [0.1, 0.15) is 10.6 Å². The second-order valence-corrected chi connectivity index (χ2v) is 7.33. The van der Waals surface area contributed by atoms with Gasteiger partial charge in [0.15, 0.2) is 11.5 Å². The fourth-order valence-electron chi connectivity index (χ4n) is 2.48. The van der Waals surface area contributed by atoms with Crippen LogP contribution in [0, 0.1) is 0 Å². The molecule has 0 amide bonds. The molecular formula is C18H17NO7S. The van der Waals surface area contributed by atoms with Crippen LogP contribution in [0.5, 0.6) is 17.2 Å². The van der Waals surface area contributed by atoms with Crippen molar-refractivity contribution in [1.29, 1.82) is 0 Å². The van der Waals surface area contributed by atoms with E-state index in [0.717, 1.165) is 6.08 Å². The molecule has 27 heavy (non-hydrogen) atoms. The van der Waals surface area contributed by atoms with Crippen molar-refractivity contribution in [3.05, 3.63) is 53.6 Å². The van der Waals surface area contributed by atoms with Gasteiger partial charge in [0.05, 0.1) is 7.11 Å². The Morgan fingerprint density at radius 3 is 2.74 bits per heavy atom. The zero-order valence-corrected chi connectivity index (χ0v) is 15.2. The second kappa shape index (κ2) is 7.68. The highest BCUT2D eigenvalue weighted by Gasteiger charge is 2.20. The first-order valence-corrected chi connectivity index (χ1v) is 9.34. The first-order chi connectivity index (χ1) is 12.9. The number of rotatable bonds is 7. The van der Waals surface area contributed by atoms with Crippen LogP contribution in [0.2, 0.25) is 0 Å². The van der Waals surface area contributed by atoms with Gasteiger partial charge in [-0.15, -0.1) is 0 Å². The number of carboxylic acids is 1. The molecule has 0 atom stereocenters. The predicted octanol–water partition coefficient (Wildman–Crippen LogP) is 2.00. The molecule has 0 aliphatic carbocycles. The molecule has 2 aromatic carbocycles. The minimum atomic E-state index is -3.90. The Morgan fingerprint density at radius 2 is 2.00 bits per heavy atom. The third kappa shape index (κ3) is 4.39. The smallest absolute Gasteiger partial charge is 0.328 e. The van der Waals surface area contributed by atoms with Crippen molar-refractivity contribution in [3.63, 3.8) is 0 Å². The minimum absolute atomic E-state index is 0.0390. The molecule has 0 fully saturated rings. The number of benzene rings is 2. The molecule has 1 heterocycles. The van der Waals surface area contributed by atoms with Crippen molar-refractivity contribution in [1.82, 2.24) is 4.72 Å². The molecule has 0 saturated carbocycles. The van der Waals surface area contributed by atoms with Crippen LogP contribution in [0.15, 0.2) is 47.4 Å². The van der Waals surface area contributed by atoms with E-state index in [1.165, 1.54) is 25.3 Å². The highest BCUT2D eigenvalue weighted by atomic mass is 32.2. The number of hydrogen-bond donors (Lipinski definition) is 2. The van der Waals surface area contributed by atoms with E-state index in [-0.39, 0.29) is 24.0 Å². The van der Waals surface area contributed by atoms with E-state index in [1.807, 2.05) is 0 Å². The molecule has 0 saturated heterocycles. The summed E-state index contributed by atoms with van der Waals surface area (Å²) in [7, 11) is -2.54. The quantitative estimate of drug-likeness (QED) is 0.695. The maximum Gasteiger partial charge on any atom is 0.328 e. The van der Waals surface area contributed by atoms with E-state index < -0.39 is 16.0 Å². The van der Waals surface area contributed by atoms with Crippen molar-refractivity contribution in [2.24, 2.45) is 0 Å². The Labute approximate surface area is 156 Å². The third-order valence-electron chi connectivity index (χ3n) is 3.80. The summed E-state index contributed by atoms with van der Waals surface area (Å²) in [6.07, 6.45) is 2.23. The molecule has 1 aliphatic rings. The summed E-state index contributed by atoms with van der Waals surface area (Å²) in [5, 5.41) is 8.72. The van der Waals surface area contributed by atoms with Gasteiger partial charge in [0.25, 0.3) is 0 Å². The Bertz CT molecular complexity index is 999. The van der Waals surface area contributed by atoms with Gasteiger partial charge >= 0.3 is 5.97 Å². The van der Waals surface area contributed by atoms with E-state index in [1.54, 1.807) is 24.3 Å². The summed E-state index contributed by atoms with van der Waals surface area (Å²) >= 11 is 0. The summed E-state index contributed by atoms with van der Waals surface area (Å²) in [6.45, 7) is 0.176. The number of ether oxygens (including phenoxy) is 3. The largest absolute Gasteiger partial charge is 0.495 e. The average molecular weight is 391 g/mol. The van der Waals surface area contributed by atoms with Gasteiger partial charge in [-0.1, -0.05) is 12.1 Å². The van der Waals surface area contributed by atoms with E-state index in [4.69, 9.17) is 19.3 Å². The van der Waals surface area contributed by atoms with E-state index in [9.17, 15) is 13.2 Å². The van der Waals surface area contributed by atoms with Gasteiger partial charge in [0.2, 0.25) is 16.8 Å². The lowest BCUT2D eigenvalue weighted by atomic mass is 10.2. The van der Waals surface area contributed by atoms with Crippen molar-refractivity contribution in [3.8, 4) is 17.2 Å². The fourth-order valence-corrected chi connectivity index (χ4v) is 3.70. The molecule has 2 N–H and O–H groups in total. The Balaban J connectivity index is 1.82. The number of methoxy groups -OCH3 is 1. The van der Waals surface area contributed by atoms with Crippen LogP contribution in [0.1, 0.15) is 11.1 Å². The van der Waals surface area contributed by atoms with Crippen LogP contribution >= 0.6 is 0 Å². The predicted molar refractivity (Wildman–Crippen MR) is 96.3 cm³/mol. The lowest BCUT2D eigenvalue weighted by Crippen LogP contribution is -2.23. The zero-order chi connectivity index (χ0) is 19.4. The van der Waals surface area contributed by atoms with E-state index >= 15 is 0 Å². The van der Waals surface area contributed by atoms with Crippen LogP contribution in [-0.4, -0.2) is 33.4 Å². The highest BCUT2D eigenvalue weighted by molar-refractivity contribution is 7.89. The van der Waals surface area contributed by atoms with Crippen molar-refractivity contribution >= 4 is 22.1 Å². The summed E-state index contributed by atoms with van der Waals surface area (Å²) in [6, 6.07) is 9.53. The number of hydrogen-bond acceptors (Lipinski definition) is 6. The zero-order valence-electron chi connectivity index (χ0n) is 14.3. The minimum Gasteiger partial charge on any atom is -0.495 e. The molecule has 9 heteroatoms. The molecule has 0 bridgehead atoms. The Hall–Kier alpha value is -3.04. The molecule has 0 unspecified atom stereocenters. The highest BCUT2D eigenvalue weighted by Crippen LogP contribution is 2.32. The molecule has 142 valence electrons. The van der Waals surface area contributed by atoms with Crippen LogP contribution in [-0.2, 0) is 21.4 Å². The number of nitrogens with one attached hydrogen (secondary N) is 1. The third-order valence-corrected chi connectivity index (χ3v) is 5.22. The maximum absolute atomic E-state index is 12.7. The van der Waals surface area contributed by atoms with E-state index in [0.29, 0.717) is 22.6 Å². The van der Waals surface area contributed by atoms with Crippen LogP contribution in [0.4, 0.5) is 0 Å². The maximum atomic E-state index is 12.7. The normalized spacial score (nSPS) is 13.1. The Kier molecular flexibility index (Phi) is 5.33. The van der Waals surface area contributed by atoms with Crippen molar-refractivity contribution in [2.75, 3.05) is 13.9 Å². The molecule has 3 rings (SSSR count). The van der Waals surface area contributed by atoms with Gasteiger partial charge in [-0.25, -0.2) is 17.9 Å². The summed E-state index contributed by atoms with van der Waals surface area (Å²) < 4.78 is 43.6. The van der Waals surface area contributed by atoms with E-state index in [2.05, 4.69) is 4.72 Å². The van der Waals surface area contributed by atoms with Gasteiger partial charge in [-0.3, -0.25) is 0 Å². The average Bonchev–Trinajstić information content (AvgIpc) is 3.12.